The Morgan fingerprint density at radius 3 is 0.821 bits per heavy atom. The zero-order valence-corrected chi connectivity index (χ0v) is 55.4. The number of aromatic nitrogens is 6. The van der Waals surface area contributed by atoms with Crippen LogP contribution in [-0.4, -0.2) is 54.8 Å². The smallest absolute Gasteiger partial charge is 0.148 e. The van der Waals surface area contributed by atoms with Gasteiger partial charge in [-0.1, -0.05) is 109 Å². The van der Waals surface area contributed by atoms with Crippen LogP contribution in [0.3, 0.4) is 0 Å². The summed E-state index contributed by atoms with van der Waals surface area (Å²) in [6, 6.07) is 72.5. The van der Waals surface area contributed by atoms with E-state index in [4.69, 9.17) is 138 Å². The first-order valence-electron chi connectivity index (χ1n) is 70.3. The molecule has 2 N–H and O–H groups in total. The van der Waals surface area contributed by atoms with Gasteiger partial charge >= 0.3 is 0 Å². The predicted molar refractivity (Wildman–Crippen MR) is 437 cm³/mol. The largest absolute Gasteiger partial charge is 0.368 e. The Morgan fingerprint density at radius 1 is 0.337 bits per heavy atom. The van der Waals surface area contributed by atoms with E-state index in [9.17, 15) is 35.1 Å². The van der Waals surface area contributed by atoms with Gasteiger partial charge in [0.2, 0.25) is 0 Å². The van der Waals surface area contributed by atoms with E-state index in [-0.39, 0.29) is 48.6 Å². The maximum absolute atomic E-state index is 12.8. The second-order valence-electron chi connectivity index (χ2n) is 17.7. The molecule has 6 aromatic heterocycles. The monoisotopic (exact) mass is 1800 g/mol. The van der Waals surface area contributed by atoms with E-state index in [0.717, 1.165) is 71.0 Å². The van der Waals surface area contributed by atoms with E-state index in [1.807, 2.05) is 85.1 Å². The molecule has 0 saturated carbocycles. The minimum Gasteiger partial charge on any atom is -0.368 e. The fourth-order valence-electron chi connectivity index (χ4n) is 6.87. The van der Waals surface area contributed by atoms with Crippen molar-refractivity contribution in [3.63, 3.8) is 0 Å². The fraction of sp³-hybridized carbons (Fsp3) is 0.0526. The molecule has 0 aliphatic carbocycles. The molecule has 567 valence electrons. The summed E-state index contributed by atoms with van der Waals surface area (Å²) in [4.78, 5) is 24.5. The van der Waals surface area contributed by atoms with Gasteiger partial charge in [-0.15, -0.1) is 131 Å². The molecular formula is C76H139BF8Ir2N6O2-5. The molecule has 8 nitrogen and oxygen atoms in total. The first-order chi connectivity index (χ1) is 87.7. The number of aliphatic hydroxyl groups excluding tert-OH is 1. The Hall–Kier alpha value is -10.4. The number of rotatable bonds is 6. The molecule has 5 radical (unpaired) electrons. The number of hydrogen-bond acceptors (Lipinski definition) is 8. The van der Waals surface area contributed by atoms with Crippen LogP contribution in [0.25, 0.3) is 67.5 Å². The molecule has 0 aliphatic rings. The molecule has 0 fully saturated rings. The average Bonchev–Trinajstić information content (AvgIpc) is 0.861. The molecular weight excluding hydrogens is 1580 g/mol. The molecule has 0 aliphatic heterocycles. The second kappa shape index (κ2) is 46.6. The van der Waals surface area contributed by atoms with Gasteiger partial charge in [0.05, 0.1) is 52.2 Å². The van der Waals surface area contributed by atoms with Gasteiger partial charge in [0.25, 0.3) is 0 Å². The maximum Gasteiger partial charge on any atom is 0.148 e. The number of nitrogens with zero attached hydrogens (tertiary/aromatic N) is 6. The second-order valence-corrected chi connectivity index (χ2v) is 17.7. The van der Waals surface area contributed by atoms with Crippen LogP contribution in [0.15, 0.2) is 250 Å². The van der Waals surface area contributed by atoms with Crippen molar-refractivity contribution in [2.75, 3.05) is 0 Å². The van der Waals surface area contributed by atoms with E-state index in [0.29, 0.717) is 45.0 Å². The normalized spacial score (nSPS) is 12.7. The zero-order chi connectivity index (χ0) is 152. The van der Waals surface area contributed by atoms with Crippen molar-refractivity contribution in [1.29, 1.82) is 0 Å². The van der Waals surface area contributed by atoms with Crippen LogP contribution < -0.4 is 0 Å². The number of halogens is 8. The maximum atomic E-state index is 12.8. The Kier molecular flexibility index (Phi) is 17.6. The summed E-state index contributed by atoms with van der Waals surface area (Å²) in [5.41, 5.74) is 8.30. The molecule has 12 aromatic rings. The van der Waals surface area contributed by atoms with Crippen LogP contribution in [-0.2, 0) is 40.2 Å². The molecule has 0 unspecified atom stereocenters. The molecule has 0 amide bonds. The molecule has 0 atom stereocenters. The van der Waals surface area contributed by atoms with E-state index in [2.05, 4.69) is 108 Å². The minimum absolute atomic E-state index is 0. The summed E-state index contributed by atoms with van der Waals surface area (Å²) in [6.07, 6.45) is 8.78. The SMILES string of the molecule is CC#CC#CC#CC.CC(O)O.Fc1c[c-]c(-c2ccccn2)cc1F.Fc1c[c-]c(-c2ccccn2)cc1F.Fc1c[c-]c(-c2ccccn2)cc1F.Fc1c[c-]c(-c2ccccn2)cc1F.[2H][2H].[2H][2H].[2H][2H].[2H][2H].[2H][2H].[2H][2H].[2H][2H].[2H][2H].[2H][2H].[2H][2H].[2H][2H].[2H][2H].[2H][2H].[2H][2H].[2H][2H].[2H][2H].[2H][2H].[2H][2H].[2H][2H].[2H][2H].[2H][2H].[2H][2H].[2H][2H].[2H][2H].[2H][2H].[2H][2H].[2H][2H].[2H][2H].[2H][2H].[2H][2H].[2H][2H].[2H][2H].[2H][2H].[2H][2H].[2H][2H].[2H][2H].[2H][2H].[2H][2H].[2H][2H].[2H][2H].[2H][2H].[2H][2H].[2H][2H].[B].[Ir].[Ir].[c-]1ccccc1-c1ccccn1.c1ccc(-c2ccccn2)cc1. The van der Waals surface area contributed by atoms with Crippen molar-refractivity contribution in [3.05, 3.63) is 326 Å². The van der Waals surface area contributed by atoms with Crippen LogP contribution >= 0.6 is 0 Å². The van der Waals surface area contributed by atoms with E-state index >= 15 is 0 Å². The minimum atomic E-state index is -1.17. The third-order valence-electron chi connectivity index (χ3n) is 11.0. The summed E-state index contributed by atoms with van der Waals surface area (Å²) in [5, 5.41) is 15.2. The Balaban J connectivity index is -0.0000000282. The van der Waals surface area contributed by atoms with Crippen molar-refractivity contribution >= 4 is 8.41 Å². The number of benzene rings is 6. The van der Waals surface area contributed by atoms with Crippen LogP contribution in [0.2, 0.25) is 0 Å². The van der Waals surface area contributed by atoms with Crippen LogP contribution in [0.5, 0.6) is 0 Å². The summed E-state index contributed by atoms with van der Waals surface area (Å²) < 4.78 is 532. The Labute approximate surface area is 709 Å². The topological polar surface area (TPSA) is 118 Å². The summed E-state index contributed by atoms with van der Waals surface area (Å²) >= 11 is 0. The first-order valence-corrected chi connectivity index (χ1v) is 27.3. The third-order valence-corrected chi connectivity index (χ3v) is 11.0. The van der Waals surface area contributed by atoms with E-state index in [1.165, 1.54) is 6.92 Å². The van der Waals surface area contributed by atoms with E-state index in [1.54, 1.807) is 118 Å². The van der Waals surface area contributed by atoms with Crippen LogP contribution in [0.1, 0.15) is 148 Å². The van der Waals surface area contributed by atoms with Gasteiger partial charge in [-0.3, -0.25) is 22.5 Å². The molecule has 95 heavy (non-hydrogen) atoms. The Bertz CT molecular complexity index is 3950. The summed E-state index contributed by atoms with van der Waals surface area (Å²) in [7, 11) is 0. The number of pyridine rings is 6. The molecule has 12 rings (SSSR count). The number of aliphatic hydroxyl groups is 2. The Morgan fingerprint density at radius 2 is 0.589 bits per heavy atom. The van der Waals surface area contributed by atoms with Gasteiger partial charge in [0.1, 0.15) is 6.29 Å². The van der Waals surface area contributed by atoms with Crippen molar-refractivity contribution in [2.24, 2.45) is 0 Å². The van der Waals surface area contributed by atoms with Gasteiger partial charge < -0.3 is 35.1 Å². The van der Waals surface area contributed by atoms with Crippen LogP contribution in [0.4, 0.5) is 35.1 Å². The third kappa shape index (κ3) is 30.7. The standard InChI is InChI=1S/4C11H6F2N.C11H9N.C11H8N.C8H6.C2H6O2.B.2Ir.43H2/c4*12-9-5-4-8(7-10(9)13)11-3-1-2-6-14-11;2*1-2-6-10(7-3-1)11-8-4-5-9-12-11;1-3-5-7-8-6-4-2;1-2(3)4;;;;;;;;;;;;;;;;;;;;;;;;;;;;;;;;;;;;;;;;;;;;;;/h4*1-3,5-7H;1-9H;1-6,8-9H;1-2H3;2-4H,1H3;;;;43*1H/q4*-1;;-1;;;;;;;;;;;;;;;;;;;;;;;;;;;;;;;;;;;;;;;;;;;;;;;;/i;;;;;;;;;;;43*1+1D. The molecule has 0 saturated heterocycles. The molecule has 19 heteroatoms. The average molecular weight is 1800 g/mol. The molecule has 0 spiro atoms. The van der Waals surface area contributed by atoms with Gasteiger partial charge in [0, 0.05) is 219 Å². The van der Waals surface area contributed by atoms with Gasteiger partial charge in [-0.2, -0.15) is 0 Å². The summed E-state index contributed by atoms with van der Waals surface area (Å²) in [5.74, 6) is 8.38. The summed E-state index contributed by atoms with van der Waals surface area (Å²) in [6.45, 7) is 4.77. The van der Waals surface area contributed by atoms with Gasteiger partial charge in [-0.25, -0.2) is 17.6 Å². The van der Waals surface area contributed by atoms with Crippen LogP contribution in [0, 0.1) is 112 Å². The van der Waals surface area contributed by atoms with Crippen molar-refractivity contribution < 1.29 is 213 Å². The van der Waals surface area contributed by atoms with Crippen molar-refractivity contribution in [2.45, 2.75) is 27.1 Å². The molecule has 6 aromatic carbocycles. The number of hydrogen-bond donors (Lipinski definition) is 2. The molecule has 6 heterocycles. The fourth-order valence-corrected chi connectivity index (χ4v) is 6.87. The quantitative estimate of drug-likeness (QED) is 0.0556. The predicted octanol–water partition coefficient (Wildman–Crippen LogP) is 27.2. The van der Waals surface area contributed by atoms with Gasteiger partial charge in [0.15, 0.2) is 0 Å². The molecule has 0 bridgehead atoms. The van der Waals surface area contributed by atoms with Gasteiger partial charge in [-0.05, 0) is 115 Å². The van der Waals surface area contributed by atoms with E-state index < -0.39 is 52.8 Å². The first kappa shape index (κ1) is 35.8. The van der Waals surface area contributed by atoms with Crippen molar-refractivity contribution in [3.8, 4) is 103 Å². The zero-order valence-electron chi connectivity index (χ0n) is 137. The van der Waals surface area contributed by atoms with Crippen molar-refractivity contribution in [1.82, 2.24) is 29.9 Å².